The number of piperidine rings is 1. The molecule has 1 fully saturated rings. The third-order valence-electron chi connectivity index (χ3n) is 7.98. The van der Waals surface area contributed by atoms with Gasteiger partial charge < -0.3 is 16.2 Å². The van der Waals surface area contributed by atoms with Gasteiger partial charge in [-0.2, -0.15) is 0 Å². The fourth-order valence-corrected chi connectivity index (χ4v) is 5.55. The Bertz CT molecular complexity index is 972. The Morgan fingerprint density at radius 3 is 2.11 bits per heavy atom. The summed E-state index contributed by atoms with van der Waals surface area (Å²) in [4.78, 5) is 30.2. The molecule has 1 aliphatic heterocycles. The molecule has 0 bridgehead atoms. The first-order valence-electron chi connectivity index (χ1n) is 13.8. The molecule has 1 heterocycles. The molecule has 0 aromatic heterocycles. The maximum atomic E-state index is 14.0. The number of nitrogens with one attached hydrogen (secondary N) is 1. The van der Waals surface area contributed by atoms with E-state index in [1.54, 1.807) is 0 Å². The number of likely N-dealkylation sites (tertiary alicyclic amines) is 1. The summed E-state index contributed by atoms with van der Waals surface area (Å²) in [7, 11) is 0. The van der Waals surface area contributed by atoms with E-state index in [9.17, 15) is 14.7 Å². The van der Waals surface area contributed by atoms with Crippen LogP contribution in [0.3, 0.4) is 0 Å². The van der Waals surface area contributed by atoms with E-state index in [1.165, 1.54) is 5.56 Å². The van der Waals surface area contributed by atoms with Crippen LogP contribution in [0.1, 0.15) is 64.0 Å². The second-order valence-corrected chi connectivity index (χ2v) is 10.9. The van der Waals surface area contributed by atoms with Gasteiger partial charge in [0.05, 0.1) is 17.6 Å². The Morgan fingerprint density at radius 1 is 1.00 bits per heavy atom. The lowest BCUT2D eigenvalue weighted by molar-refractivity contribution is -0.148. The van der Waals surface area contributed by atoms with Crippen molar-refractivity contribution in [3.63, 3.8) is 0 Å². The Morgan fingerprint density at radius 2 is 1.57 bits per heavy atom. The number of nitrogens with zero attached hydrogens (tertiary/aromatic N) is 1. The number of carbonyl (C=O) groups is 2. The van der Waals surface area contributed by atoms with E-state index in [0.717, 1.165) is 38.0 Å². The van der Waals surface area contributed by atoms with E-state index in [1.807, 2.05) is 62.4 Å². The van der Waals surface area contributed by atoms with Crippen LogP contribution in [-0.2, 0) is 22.7 Å². The van der Waals surface area contributed by atoms with Gasteiger partial charge in [0, 0.05) is 19.0 Å². The molecule has 202 valence electrons. The van der Waals surface area contributed by atoms with Crippen LogP contribution < -0.4 is 11.1 Å². The average Bonchev–Trinajstić information content (AvgIpc) is 2.92. The van der Waals surface area contributed by atoms with Crippen LogP contribution in [0, 0.1) is 17.3 Å². The summed E-state index contributed by atoms with van der Waals surface area (Å²) < 4.78 is 0. The van der Waals surface area contributed by atoms with Gasteiger partial charge in [-0.3, -0.25) is 14.5 Å². The molecule has 1 amide bonds. The molecular weight excluding hydrogens is 462 g/mol. The number of aliphatic hydroxyl groups excluding tert-OH is 1. The van der Waals surface area contributed by atoms with Crippen LogP contribution >= 0.6 is 0 Å². The zero-order chi connectivity index (χ0) is 26.8. The molecule has 1 saturated heterocycles. The van der Waals surface area contributed by atoms with Crippen molar-refractivity contribution >= 4 is 11.7 Å². The standard InChI is InChI=1S/C31H45N3O3/c1-4-5-16-26(29(36)27(32)28(35)23(2)3)31(30(37)33-21-24-12-8-6-9-13-24)17-19-34(20-18-31)22-25-14-10-7-11-15-25/h6-15,23,26-28,35H,4-5,16-22,32H2,1-3H3,(H,33,37)/t26?,27-,28-/m1/s1. The first-order chi connectivity index (χ1) is 17.8. The summed E-state index contributed by atoms with van der Waals surface area (Å²) >= 11 is 0. The lowest BCUT2D eigenvalue weighted by Gasteiger charge is -2.46. The Kier molecular flexibility index (Phi) is 10.9. The highest BCUT2D eigenvalue weighted by Crippen LogP contribution is 2.43. The highest BCUT2D eigenvalue weighted by atomic mass is 16.3. The van der Waals surface area contributed by atoms with Crippen LogP contribution in [0.2, 0.25) is 0 Å². The molecule has 0 aliphatic carbocycles. The molecule has 3 rings (SSSR count). The van der Waals surface area contributed by atoms with E-state index >= 15 is 0 Å². The van der Waals surface area contributed by atoms with Gasteiger partial charge in [-0.15, -0.1) is 0 Å². The summed E-state index contributed by atoms with van der Waals surface area (Å²) in [5.74, 6) is -0.913. The van der Waals surface area contributed by atoms with Gasteiger partial charge in [-0.1, -0.05) is 94.3 Å². The third kappa shape index (κ3) is 7.50. The fourth-order valence-electron chi connectivity index (χ4n) is 5.55. The predicted octanol–water partition coefficient (Wildman–Crippen LogP) is 4.30. The van der Waals surface area contributed by atoms with Gasteiger partial charge in [0.2, 0.25) is 5.91 Å². The van der Waals surface area contributed by atoms with E-state index in [4.69, 9.17) is 5.73 Å². The second kappa shape index (κ2) is 13.8. The summed E-state index contributed by atoms with van der Waals surface area (Å²) in [6.07, 6.45) is 2.61. The second-order valence-electron chi connectivity index (χ2n) is 10.9. The van der Waals surface area contributed by atoms with Crippen molar-refractivity contribution in [3.8, 4) is 0 Å². The maximum absolute atomic E-state index is 14.0. The van der Waals surface area contributed by atoms with Crippen molar-refractivity contribution in [1.82, 2.24) is 10.2 Å². The molecular formula is C31H45N3O3. The van der Waals surface area contributed by atoms with Gasteiger partial charge in [0.25, 0.3) is 0 Å². The number of nitrogens with two attached hydrogens (primary N) is 1. The zero-order valence-electron chi connectivity index (χ0n) is 22.7. The topological polar surface area (TPSA) is 95.7 Å². The Balaban J connectivity index is 1.87. The molecule has 2 aromatic carbocycles. The van der Waals surface area contributed by atoms with Gasteiger partial charge in [-0.05, 0) is 49.4 Å². The summed E-state index contributed by atoms with van der Waals surface area (Å²) in [6.45, 7) is 8.52. The maximum Gasteiger partial charge on any atom is 0.227 e. The van der Waals surface area contributed by atoms with Crippen molar-refractivity contribution in [2.24, 2.45) is 23.0 Å². The van der Waals surface area contributed by atoms with Crippen LogP contribution in [-0.4, -0.2) is 46.9 Å². The van der Waals surface area contributed by atoms with Crippen LogP contribution in [0.25, 0.3) is 0 Å². The van der Waals surface area contributed by atoms with E-state index in [0.29, 0.717) is 25.8 Å². The smallest absolute Gasteiger partial charge is 0.227 e. The SMILES string of the molecule is CCCCC(C(=O)[C@H](N)[C@H](O)C(C)C)C1(C(=O)NCc2ccccc2)CCN(Cc2ccccc2)CC1. The van der Waals surface area contributed by atoms with Crippen molar-refractivity contribution < 1.29 is 14.7 Å². The first-order valence-corrected chi connectivity index (χ1v) is 13.8. The third-order valence-corrected chi connectivity index (χ3v) is 7.98. The number of aliphatic hydroxyl groups is 1. The minimum Gasteiger partial charge on any atom is -0.391 e. The molecule has 0 radical (unpaired) electrons. The monoisotopic (exact) mass is 507 g/mol. The molecule has 1 unspecified atom stereocenters. The molecule has 3 atom stereocenters. The number of ketones is 1. The molecule has 0 saturated carbocycles. The average molecular weight is 508 g/mol. The quantitative estimate of drug-likeness (QED) is 0.376. The largest absolute Gasteiger partial charge is 0.391 e. The van der Waals surface area contributed by atoms with Crippen molar-refractivity contribution in [3.05, 3.63) is 71.8 Å². The molecule has 4 N–H and O–H groups in total. The van der Waals surface area contributed by atoms with Crippen LogP contribution in [0.5, 0.6) is 0 Å². The van der Waals surface area contributed by atoms with Gasteiger partial charge >= 0.3 is 0 Å². The highest BCUT2D eigenvalue weighted by molar-refractivity contribution is 5.94. The lowest BCUT2D eigenvalue weighted by Crippen LogP contribution is -2.58. The summed E-state index contributed by atoms with van der Waals surface area (Å²) in [5.41, 5.74) is 7.77. The van der Waals surface area contributed by atoms with E-state index in [2.05, 4.69) is 29.3 Å². The number of unbranched alkanes of at least 4 members (excludes halogenated alkanes) is 1. The van der Waals surface area contributed by atoms with Crippen molar-refractivity contribution in [1.29, 1.82) is 0 Å². The minimum absolute atomic E-state index is 0.0728. The van der Waals surface area contributed by atoms with Crippen molar-refractivity contribution in [2.45, 2.75) is 78.1 Å². The summed E-state index contributed by atoms with van der Waals surface area (Å²) in [6, 6.07) is 19.2. The molecule has 6 nitrogen and oxygen atoms in total. The lowest BCUT2D eigenvalue weighted by atomic mass is 9.63. The molecule has 37 heavy (non-hydrogen) atoms. The Labute approximate surface area is 222 Å². The predicted molar refractivity (Wildman–Crippen MR) is 149 cm³/mol. The molecule has 6 heteroatoms. The number of hydrogen-bond donors (Lipinski definition) is 3. The number of benzene rings is 2. The number of carbonyl (C=O) groups excluding carboxylic acids is 2. The van der Waals surface area contributed by atoms with Gasteiger partial charge in [0.15, 0.2) is 5.78 Å². The normalized spacial score (nSPS) is 18.2. The van der Waals surface area contributed by atoms with E-state index in [-0.39, 0.29) is 17.6 Å². The van der Waals surface area contributed by atoms with E-state index < -0.39 is 23.5 Å². The number of rotatable bonds is 13. The summed E-state index contributed by atoms with van der Waals surface area (Å²) in [5, 5.41) is 13.8. The molecule has 0 spiro atoms. The fraction of sp³-hybridized carbons (Fsp3) is 0.548. The molecule has 1 aliphatic rings. The van der Waals surface area contributed by atoms with Gasteiger partial charge in [0.1, 0.15) is 0 Å². The first kappa shape index (κ1) is 29.0. The highest BCUT2D eigenvalue weighted by Gasteiger charge is 2.51. The van der Waals surface area contributed by atoms with Gasteiger partial charge in [-0.25, -0.2) is 0 Å². The molecule has 2 aromatic rings. The van der Waals surface area contributed by atoms with Crippen LogP contribution in [0.4, 0.5) is 0 Å². The Hall–Kier alpha value is -2.54. The van der Waals surface area contributed by atoms with Crippen LogP contribution in [0.15, 0.2) is 60.7 Å². The number of amides is 1. The van der Waals surface area contributed by atoms with Crippen molar-refractivity contribution in [2.75, 3.05) is 13.1 Å². The number of Topliss-reactive ketones (excluding diaryl/α,β-unsaturated/α-hetero) is 1. The number of hydrogen-bond acceptors (Lipinski definition) is 5. The minimum atomic E-state index is -0.997. The zero-order valence-corrected chi connectivity index (χ0v) is 22.7.